The summed E-state index contributed by atoms with van der Waals surface area (Å²) in [5.74, 6) is 0. The Labute approximate surface area is 69.5 Å². The number of likely N-dealkylation sites (N-methyl/N-ethyl adjacent to an activating group) is 1. The minimum absolute atomic E-state index is 0.690. The predicted octanol–water partition coefficient (Wildman–Crippen LogP) is 0.302. The second-order valence-corrected chi connectivity index (χ2v) is 2.73. The van der Waals surface area contributed by atoms with Gasteiger partial charge in [-0.15, -0.1) is 0 Å². The van der Waals surface area contributed by atoms with Crippen LogP contribution in [-0.4, -0.2) is 45.3 Å². The monoisotopic (exact) mass is 160 g/mol. The third-order valence-electron chi connectivity index (χ3n) is 2.03. The summed E-state index contributed by atoms with van der Waals surface area (Å²) in [4.78, 5) is 2.36. The minimum atomic E-state index is 0.690. The van der Waals surface area contributed by atoms with E-state index in [1.807, 2.05) is 0 Å². The number of hydrogen-bond donors (Lipinski definition) is 1. The van der Waals surface area contributed by atoms with Gasteiger partial charge in [0.1, 0.15) is 0 Å². The van der Waals surface area contributed by atoms with Gasteiger partial charge >= 0.3 is 0 Å². The average molecular weight is 160 g/mol. The fourth-order valence-corrected chi connectivity index (χ4v) is 1.38. The Hall–Kier alpha value is -0.120. The van der Waals surface area contributed by atoms with Gasteiger partial charge in [0.25, 0.3) is 0 Å². The van der Waals surface area contributed by atoms with Crippen molar-refractivity contribution in [3.05, 3.63) is 0 Å². The molecule has 3 heteroatoms. The van der Waals surface area contributed by atoms with Gasteiger partial charge in [-0.2, -0.15) is 0 Å². The van der Waals surface area contributed by atoms with Gasteiger partial charge in [0.2, 0.25) is 0 Å². The second kappa shape index (κ2) is 6.58. The number of hydrogen-bond acceptors (Lipinski definition) is 3. The zero-order valence-electron chi connectivity index (χ0n) is 7.84. The summed E-state index contributed by atoms with van der Waals surface area (Å²) in [5, 5.41) is 0. The van der Waals surface area contributed by atoms with Crippen LogP contribution in [0.1, 0.15) is 12.8 Å². The van der Waals surface area contributed by atoms with Gasteiger partial charge in [0, 0.05) is 13.2 Å². The molecular weight excluding hydrogens is 140 g/mol. The molecular formula is C8H20N2O. The maximum absolute atomic E-state index is 5.05. The van der Waals surface area contributed by atoms with Gasteiger partial charge in [0.15, 0.2) is 0 Å². The molecule has 0 bridgehead atoms. The van der Waals surface area contributed by atoms with Crippen molar-refractivity contribution in [2.45, 2.75) is 18.9 Å². The maximum atomic E-state index is 5.05. The maximum Gasteiger partial charge on any atom is 0.0617 e. The van der Waals surface area contributed by atoms with E-state index >= 15 is 0 Å². The highest BCUT2D eigenvalue weighted by Crippen LogP contribution is 2.13. The molecule has 0 radical (unpaired) electrons. The van der Waals surface area contributed by atoms with E-state index < -0.39 is 0 Å². The molecule has 0 aromatic rings. The first-order valence-electron chi connectivity index (χ1n) is 4.11. The molecule has 1 rings (SSSR count). The van der Waals surface area contributed by atoms with E-state index in [1.54, 1.807) is 7.11 Å². The van der Waals surface area contributed by atoms with E-state index in [0.717, 1.165) is 6.61 Å². The molecule has 2 N–H and O–H groups in total. The molecule has 1 fully saturated rings. The Balaban J connectivity index is 0.000000461. The largest absolute Gasteiger partial charge is 0.383 e. The van der Waals surface area contributed by atoms with Crippen LogP contribution in [0.15, 0.2) is 0 Å². The zero-order chi connectivity index (χ0) is 8.69. The number of likely N-dealkylation sites (tertiary alicyclic amines) is 1. The van der Waals surface area contributed by atoms with Crippen LogP contribution in [-0.2, 0) is 4.74 Å². The SMILES string of the molecule is CN.COC[C@@H]1CCCN1C. The fourth-order valence-electron chi connectivity index (χ4n) is 1.38. The summed E-state index contributed by atoms with van der Waals surface area (Å²) in [7, 11) is 5.43. The van der Waals surface area contributed by atoms with Gasteiger partial charge in [-0.3, -0.25) is 0 Å². The molecule has 1 aliphatic heterocycles. The third kappa shape index (κ3) is 3.70. The van der Waals surface area contributed by atoms with Crippen LogP contribution in [0.4, 0.5) is 0 Å². The molecule has 11 heavy (non-hydrogen) atoms. The Bertz CT molecular complexity index is 88.2. The Morgan fingerprint density at radius 1 is 1.55 bits per heavy atom. The molecule has 1 atom stereocenters. The normalized spacial score (nSPS) is 24.5. The van der Waals surface area contributed by atoms with E-state index in [4.69, 9.17) is 4.74 Å². The van der Waals surface area contributed by atoms with Crippen LogP contribution in [0.3, 0.4) is 0 Å². The van der Waals surface area contributed by atoms with Crippen molar-refractivity contribution in [2.75, 3.05) is 34.4 Å². The summed E-state index contributed by atoms with van der Waals surface area (Å²) in [6, 6.07) is 0.690. The van der Waals surface area contributed by atoms with Crippen molar-refractivity contribution >= 4 is 0 Å². The Kier molecular flexibility index (Phi) is 6.51. The average Bonchev–Trinajstić information content (AvgIpc) is 2.42. The first-order chi connectivity index (χ1) is 5.34. The lowest BCUT2D eigenvalue weighted by molar-refractivity contribution is 0.129. The summed E-state index contributed by atoms with van der Waals surface area (Å²) in [6.45, 7) is 2.14. The molecule has 0 spiro atoms. The molecule has 1 saturated heterocycles. The topological polar surface area (TPSA) is 38.5 Å². The Morgan fingerprint density at radius 3 is 2.55 bits per heavy atom. The van der Waals surface area contributed by atoms with E-state index in [1.165, 1.54) is 26.4 Å². The summed E-state index contributed by atoms with van der Waals surface area (Å²) < 4.78 is 5.05. The summed E-state index contributed by atoms with van der Waals surface area (Å²) in [5.41, 5.74) is 4.50. The predicted molar refractivity (Wildman–Crippen MR) is 47.6 cm³/mol. The lowest BCUT2D eigenvalue weighted by Gasteiger charge is -2.17. The van der Waals surface area contributed by atoms with Gasteiger partial charge in [-0.1, -0.05) is 0 Å². The molecule has 68 valence electrons. The number of nitrogens with two attached hydrogens (primary N) is 1. The van der Waals surface area contributed by atoms with E-state index in [0.29, 0.717) is 6.04 Å². The molecule has 3 nitrogen and oxygen atoms in total. The number of rotatable bonds is 2. The van der Waals surface area contributed by atoms with E-state index in [2.05, 4.69) is 17.7 Å². The van der Waals surface area contributed by atoms with Crippen molar-refractivity contribution in [3.8, 4) is 0 Å². The molecule has 0 amide bonds. The molecule has 0 unspecified atom stereocenters. The zero-order valence-corrected chi connectivity index (χ0v) is 7.84. The first-order valence-corrected chi connectivity index (χ1v) is 4.11. The first kappa shape index (κ1) is 10.9. The van der Waals surface area contributed by atoms with Crippen molar-refractivity contribution in [1.29, 1.82) is 0 Å². The molecule has 1 aliphatic rings. The minimum Gasteiger partial charge on any atom is -0.383 e. The lowest BCUT2D eigenvalue weighted by Crippen LogP contribution is -2.28. The van der Waals surface area contributed by atoms with Crippen molar-refractivity contribution in [3.63, 3.8) is 0 Å². The highest BCUT2D eigenvalue weighted by molar-refractivity contribution is 4.75. The third-order valence-corrected chi connectivity index (χ3v) is 2.03. The smallest absolute Gasteiger partial charge is 0.0617 e. The number of ether oxygens (including phenoxy) is 1. The van der Waals surface area contributed by atoms with Crippen LogP contribution in [0.25, 0.3) is 0 Å². The highest BCUT2D eigenvalue weighted by atomic mass is 16.5. The van der Waals surface area contributed by atoms with Crippen LogP contribution in [0, 0.1) is 0 Å². The van der Waals surface area contributed by atoms with E-state index in [-0.39, 0.29) is 0 Å². The Morgan fingerprint density at radius 2 is 2.18 bits per heavy atom. The molecule has 0 saturated carbocycles. The van der Waals surface area contributed by atoms with E-state index in [9.17, 15) is 0 Å². The lowest BCUT2D eigenvalue weighted by atomic mass is 10.2. The quantitative estimate of drug-likeness (QED) is 0.631. The molecule has 1 heterocycles. The van der Waals surface area contributed by atoms with Crippen LogP contribution >= 0.6 is 0 Å². The van der Waals surface area contributed by atoms with Crippen molar-refractivity contribution in [2.24, 2.45) is 5.73 Å². The summed E-state index contributed by atoms with van der Waals surface area (Å²) in [6.07, 6.45) is 2.65. The number of nitrogens with zero attached hydrogens (tertiary/aromatic N) is 1. The van der Waals surface area contributed by atoms with Gasteiger partial charge in [-0.25, -0.2) is 0 Å². The van der Waals surface area contributed by atoms with Gasteiger partial charge < -0.3 is 15.4 Å². The van der Waals surface area contributed by atoms with Crippen molar-refractivity contribution < 1.29 is 4.74 Å². The second-order valence-electron chi connectivity index (χ2n) is 2.73. The molecule has 0 aromatic heterocycles. The number of methoxy groups -OCH3 is 1. The highest BCUT2D eigenvalue weighted by Gasteiger charge is 2.19. The van der Waals surface area contributed by atoms with Gasteiger partial charge in [0.05, 0.1) is 6.61 Å². The fraction of sp³-hybridized carbons (Fsp3) is 1.00. The van der Waals surface area contributed by atoms with Crippen molar-refractivity contribution in [1.82, 2.24) is 4.90 Å². The van der Waals surface area contributed by atoms with Crippen LogP contribution in [0.5, 0.6) is 0 Å². The van der Waals surface area contributed by atoms with Gasteiger partial charge in [-0.05, 0) is 33.5 Å². The van der Waals surface area contributed by atoms with Crippen LogP contribution < -0.4 is 5.73 Å². The molecule has 0 aromatic carbocycles. The van der Waals surface area contributed by atoms with Crippen LogP contribution in [0.2, 0.25) is 0 Å². The standard InChI is InChI=1S/C7H15NO.CH5N/c1-8-5-3-4-7(8)6-9-2;1-2/h7H,3-6H2,1-2H3;2H2,1H3/t7-;/m0./s1. The summed E-state index contributed by atoms with van der Waals surface area (Å²) >= 11 is 0. The molecule has 0 aliphatic carbocycles.